The second-order valence-electron chi connectivity index (χ2n) is 4.74. The molecule has 2 N–H and O–H groups in total. The maximum atomic E-state index is 12.2. The Morgan fingerprint density at radius 1 is 1.10 bits per heavy atom. The Bertz CT molecular complexity index is 489. The molecule has 0 aliphatic heterocycles. The van der Waals surface area contributed by atoms with Gasteiger partial charge in [0.05, 0.1) is 5.69 Å². The lowest BCUT2D eigenvalue weighted by Gasteiger charge is -2.11. The number of hydrogen-bond donors (Lipinski definition) is 2. The molecule has 1 rings (SSSR count). The molecule has 6 heteroatoms. The van der Waals surface area contributed by atoms with E-state index in [0.717, 1.165) is 38.6 Å². The van der Waals surface area contributed by atoms with Gasteiger partial charge in [0, 0.05) is 19.3 Å². The molecule has 0 unspecified atom stereocenters. The van der Waals surface area contributed by atoms with Crippen molar-refractivity contribution in [2.24, 2.45) is 0 Å². The predicted octanol–water partition coefficient (Wildman–Crippen LogP) is 2.76. The smallest absolute Gasteiger partial charge is 0.260 e. The summed E-state index contributed by atoms with van der Waals surface area (Å²) >= 11 is 0. The van der Waals surface area contributed by atoms with Gasteiger partial charge in [-0.2, -0.15) is 0 Å². The molecule has 0 atom stereocenters. The lowest BCUT2D eigenvalue weighted by Crippen LogP contribution is -2.26. The van der Waals surface area contributed by atoms with Gasteiger partial charge in [0.15, 0.2) is 5.03 Å². The number of sulfonamides is 1. The van der Waals surface area contributed by atoms with Gasteiger partial charge in [0.25, 0.3) is 10.0 Å². The largest absolute Gasteiger partial charge is 0.383 e. The average molecular weight is 299 g/mol. The van der Waals surface area contributed by atoms with Crippen molar-refractivity contribution >= 4 is 15.7 Å². The molecule has 5 nitrogen and oxygen atoms in total. The highest BCUT2D eigenvalue weighted by atomic mass is 32.2. The third-order valence-corrected chi connectivity index (χ3v) is 4.33. The summed E-state index contributed by atoms with van der Waals surface area (Å²) in [6.45, 7) is 5.35. The molecule has 0 aliphatic rings. The van der Waals surface area contributed by atoms with Crippen LogP contribution < -0.4 is 10.0 Å². The van der Waals surface area contributed by atoms with Gasteiger partial charge in [-0.15, -0.1) is 0 Å². The Morgan fingerprint density at radius 3 is 2.60 bits per heavy atom. The molecule has 0 fully saturated rings. The SMILES string of the molecule is CCCCCCNS(=O)(=O)c1ncccc1NCCC. The zero-order chi connectivity index (χ0) is 14.8. The van der Waals surface area contributed by atoms with E-state index in [9.17, 15) is 8.42 Å². The molecule has 1 aromatic heterocycles. The van der Waals surface area contributed by atoms with E-state index >= 15 is 0 Å². The van der Waals surface area contributed by atoms with Crippen LogP contribution in [-0.4, -0.2) is 26.5 Å². The second-order valence-corrected chi connectivity index (χ2v) is 6.42. The fraction of sp³-hybridized carbons (Fsp3) is 0.643. The number of pyridine rings is 1. The van der Waals surface area contributed by atoms with Crippen LogP contribution in [0.25, 0.3) is 0 Å². The Kier molecular flexibility index (Phi) is 7.54. The van der Waals surface area contributed by atoms with E-state index in [0.29, 0.717) is 12.2 Å². The van der Waals surface area contributed by atoms with Crippen molar-refractivity contribution in [3.63, 3.8) is 0 Å². The molecule has 0 aromatic carbocycles. The first kappa shape index (κ1) is 16.9. The molecular weight excluding hydrogens is 274 g/mol. The van der Waals surface area contributed by atoms with Gasteiger partial charge < -0.3 is 5.32 Å². The van der Waals surface area contributed by atoms with Crippen molar-refractivity contribution in [3.05, 3.63) is 18.3 Å². The lowest BCUT2D eigenvalue weighted by atomic mass is 10.2. The summed E-state index contributed by atoms with van der Waals surface area (Å²) < 4.78 is 27.1. The highest BCUT2D eigenvalue weighted by Crippen LogP contribution is 2.17. The van der Waals surface area contributed by atoms with E-state index in [-0.39, 0.29) is 5.03 Å². The number of nitrogens with one attached hydrogen (secondary N) is 2. The van der Waals surface area contributed by atoms with Crippen LogP contribution in [0.15, 0.2) is 23.4 Å². The standard InChI is InChI=1S/C14H25N3O2S/c1-3-5-6-7-12-17-20(18,19)14-13(15-10-4-2)9-8-11-16-14/h8-9,11,15,17H,3-7,10,12H2,1-2H3. The fourth-order valence-corrected chi connectivity index (χ4v) is 3.00. The van der Waals surface area contributed by atoms with Gasteiger partial charge in [0.1, 0.15) is 0 Å². The minimum Gasteiger partial charge on any atom is -0.383 e. The zero-order valence-corrected chi connectivity index (χ0v) is 13.2. The molecule has 114 valence electrons. The maximum absolute atomic E-state index is 12.2. The number of aromatic nitrogens is 1. The van der Waals surface area contributed by atoms with Crippen LogP contribution in [0.4, 0.5) is 5.69 Å². The molecule has 1 aromatic rings. The van der Waals surface area contributed by atoms with Crippen molar-refractivity contribution in [1.29, 1.82) is 0 Å². The van der Waals surface area contributed by atoms with E-state index < -0.39 is 10.0 Å². The predicted molar refractivity (Wildman–Crippen MR) is 82.3 cm³/mol. The van der Waals surface area contributed by atoms with Crippen molar-refractivity contribution in [3.8, 4) is 0 Å². The minimum absolute atomic E-state index is 0.0870. The number of nitrogens with zero attached hydrogens (tertiary/aromatic N) is 1. The summed E-state index contributed by atoms with van der Waals surface area (Å²) in [5, 5.41) is 3.19. The Hall–Kier alpha value is -1.14. The Labute approximate surface area is 122 Å². The van der Waals surface area contributed by atoms with E-state index in [1.165, 1.54) is 6.20 Å². The van der Waals surface area contributed by atoms with Crippen LogP contribution in [0.5, 0.6) is 0 Å². The van der Waals surface area contributed by atoms with E-state index in [2.05, 4.69) is 21.9 Å². The van der Waals surface area contributed by atoms with Crippen molar-refractivity contribution in [2.45, 2.75) is 51.0 Å². The molecule has 0 radical (unpaired) electrons. The number of unbranched alkanes of at least 4 members (excludes halogenated alkanes) is 3. The summed E-state index contributed by atoms with van der Waals surface area (Å²) in [5.74, 6) is 0. The lowest BCUT2D eigenvalue weighted by molar-refractivity contribution is 0.570. The van der Waals surface area contributed by atoms with Gasteiger partial charge in [-0.05, 0) is 25.0 Å². The second kappa shape index (κ2) is 8.92. The first-order chi connectivity index (χ1) is 9.61. The van der Waals surface area contributed by atoms with Crippen LogP contribution in [0.2, 0.25) is 0 Å². The van der Waals surface area contributed by atoms with Gasteiger partial charge in [-0.3, -0.25) is 0 Å². The van der Waals surface area contributed by atoms with Gasteiger partial charge in [-0.1, -0.05) is 33.1 Å². The summed E-state index contributed by atoms with van der Waals surface area (Å²) in [6.07, 6.45) is 6.61. The number of anilines is 1. The van der Waals surface area contributed by atoms with Crippen LogP contribution in [0, 0.1) is 0 Å². The molecule has 1 heterocycles. The van der Waals surface area contributed by atoms with Crippen molar-refractivity contribution < 1.29 is 8.42 Å². The fourth-order valence-electron chi connectivity index (χ4n) is 1.83. The average Bonchev–Trinajstić information content (AvgIpc) is 2.45. The van der Waals surface area contributed by atoms with E-state index in [4.69, 9.17) is 0 Å². The first-order valence-electron chi connectivity index (χ1n) is 7.30. The summed E-state index contributed by atoms with van der Waals surface area (Å²) in [5.41, 5.74) is 0.565. The van der Waals surface area contributed by atoms with E-state index in [1.54, 1.807) is 12.1 Å². The highest BCUT2D eigenvalue weighted by Gasteiger charge is 2.19. The van der Waals surface area contributed by atoms with Gasteiger partial charge in [-0.25, -0.2) is 18.1 Å². The molecule has 0 aliphatic carbocycles. The molecule has 0 spiro atoms. The van der Waals surface area contributed by atoms with Crippen molar-refractivity contribution in [2.75, 3.05) is 18.4 Å². The normalized spacial score (nSPS) is 11.5. The van der Waals surface area contributed by atoms with Gasteiger partial charge >= 0.3 is 0 Å². The number of rotatable bonds is 10. The first-order valence-corrected chi connectivity index (χ1v) is 8.78. The molecule has 0 saturated carbocycles. The van der Waals surface area contributed by atoms with E-state index in [1.807, 2.05) is 6.92 Å². The highest BCUT2D eigenvalue weighted by molar-refractivity contribution is 7.89. The van der Waals surface area contributed by atoms with Crippen molar-refractivity contribution in [1.82, 2.24) is 9.71 Å². The van der Waals surface area contributed by atoms with Crippen LogP contribution in [0.3, 0.4) is 0 Å². The maximum Gasteiger partial charge on any atom is 0.260 e. The van der Waals surface area contributed by atoms with Crippen LogP contribution in [-0.2, 0) is 10.0 Å². The third-order valence-electron chi connectivity index (χ3n) is 2.91. The molecule has 0 saturated heterocycles. The summed E-state index contributed by atoms with van der Waals surface area (Å²) in [6, 6.07) is 3.48. The topological polar surface area (TPSA) is 71.1 Å². The van der Waals surface area contributed by atoms with Crippen LogP contribution in [0.1, 0.15) is 46.0 Å². The number of hydrogen-bond acceptors (Lipinski definition) is 4. The quantitative estimate of drug-likeness (QED) is 0.652. The molecule has 0 bridgehead atoms. The minimum atomic E-state index is -3.53. The molecule has 20 heavy (non-hydrogen) atoms. The molecule has 0 amide bonds. The molecular formula is C14H25N3O2S. The Balaban J connectivity index is 2.66. The van der Waals surface area contributed by atoms with Gasteiger partial charge in [0.2, 0.25) is 0 Å². The zero-order valence-electron chi connectivity index (χ0n) is 12.4. The third kappa shape index (κ3) is 5.46. The van der Waals surface area contributed by atoms with Crippen LogP contribution >= 0.6 is 0 Å². The monoisotopic (exact) mass is 299 g/mol. The Morgan fingerprint density at radius 2 is 1.90 bits per heavy atom. The summed E-state index contributed by atoms with van der Waals surface area (Å²) in [7, 11) is -3.53. The summed E-state index contributed by atoms with van der Waals surface area (Å²) in [4.78, 5) is 4.01.